The lowest BCUT2D eigenvalue weighted by atomic mass is 10.2. The molecule has 1 aromatic heterocycles. The monoisotopic (exact) mass is 499 g/mol. The molecule has 2 atom stereocenters. The molecule has 2 aliphatic rings. The van der Waals surface area contributed by atoms with Crippen molar-refractivity contribution in [2.45, 2.75) is 51.1 Å². The summed E-state index contributed by atoms with van der Waals surface area (Å²) in [5.41, 5.74) is -0.269. The molecule has 1 amide bonds. The minimum absolute atomic E-state index is 0.0614. The van der Waals surface area contributed by atoms with Crippen molar-refractivity contribution < 1.29 is 27.4 Å². The molecule has 12 heteroatoms. The number of nitrogens with one attached hydrogen (secondary N) is 1. The van der Waals surface area contributed by atoms with E-state index >= 15 is 0 Å². The van der Waals surface area contributed by atoms with Gasteiger partial charge in [-0.1, -0.05) is 11.6 Å². The molecule has 1 aromatic carbocycles. The minimum Gasteiger partial charge on any atom is -0.494 e. The Balaban J connectivity index is 1.47. The summed E-state index contributed by atoms with van der Waals surface area (Å²) in [6.45, 7) is 6.77. The number of methoxy groups -OCH3 is 1. The maximum Gasteiger partial charge on any atom is 0.420 e. The lowest BCUT2D eigenvalue weighted by Crippen LogP contribution is -2.50. The Bertz CT molecular complexity index is 1090. The number of fused-ring (bicyclic) bond motifs is 2. The molecule has 2 fully saturated rings. The second-order valence-corrected chi connectivity index (χ2v) is 9.59. The zero-order valence-corrected chi connectivity index (χ0v) is 19.9. The van der Waals surface area contributed by atoms with Crippen molar-refractivity contribution in [2.24, 2.45) is 0 Å². The van der Waals surface area contributed by atoms with Crippen molar-refractivity contribution in [1.29, 1.82) is 0 Å². The van der Waals surface area contributed by atoms with Gasteiger partial charge in [0.15, 0.2) is 0 Å². The van der Waals surface area contributed by atoms with Crippen LogP contribution in [0.25, 0.3) is 0 Å². The van der Waals surface area contributed by atoms with Crippen LogP contribution in [0.15, 0.2) is 24.4 Å². The van der Waals surface area contributed by atoms with Crippen molar-refractivity contribution in [2.75, 3.05) is 30.4 Å². The van der Waals surface area contributed by atoms with Crippen LogP contribution in [0.1, 0.15) is 32.8 Å². The van der Waals surface area contributed by atoms with Crippen molar-refractivity contribution in [3.05, 3.63) is 35.1 Å². The average molecular weight is 500 g/mol. The Morgan fingerprint density at radius 2 is 1.94 bits per heavy atom. The number of hydrogen-bond acceptors (Lipinski definition) is 7. The van der Waals surface area contributed by atoms with E-state index < -0.39 is 22.5 Å². The number of anilines is 3. The molecular formula is C22H25ClF3N5O3. The zero-order chi connectivity index (χ0) is 24.8. The molecule has 0 radical (unpaired) electrons. The van der Waals surface area contributed by atoms with Crippen LogP contribution in [0.3, 0.4) is 0 Å². The molecule has 1 N–H and O–H groups in total. The number of ether oxygens (including phenoxy) is 2. The Hall–Kier alpha value is -2.95. The van der Waals surface area contributed by atoms with Gasteiger partial charge in [0.05, 0.1) is 18.8 Å². The fourth-order valence-electron chi connectivity index (χ4n) is 4.22. The fourth-order valence-corrected chi connectivity index (χ4v) is 4.46. The van der Waals surface area contributed by atoms with Gasteiger partial charge in [-0.15, -0.1) is 0 Å². The normalized spacial score (nSPS) is 20.0. The van der Waals surface area contributed by atoms with Gasteiger partial charge in [-0.3, -0.25) is 0 Å². The number of aromatic nitrogens is 2. The molecular weight excluding hydrogens is 475 g/mol. The molecule has 34 heavy (non-hydrogen) atoms. The number of piperazine rings is 1. The number of nitrogens with zero attached hydrogens (tertiary/aromatic N) is 4. The number of carbonyl (C=O) groups is 1. The molecule has 184 valence electrons. The number of benzene rings is 1. The second kappa shape index (κ2) is 8.68. The summed E-state index contributed by atoms with van der Waals surface area (Å²) in [6, 6.07) is 5.65. The molecule has 4 rings (SSSR count). The molecule has 2 aliphatic heterocycles. The third-order valence-corrected chi connectivity index (χ3v) is 5.97. The van der Waals surface area contributed by atoms with Crippen LogP contribution in [0.5, 0.6) is 5.75 Å². The van der Waals surface area contributed by atoms with E-state index in [-0.39, 0.29) is 24.1 Å². The molecule has 2 bridgehead atoms. The van der Waals surface area contributed by atoms with Gasteiger partial charge >= 0.3 is 12.3 Å². The third-order valence-electron chi connectivity index (χ3n) is 5.68. The summed E-state index contributed by atoms with van der Waals surface area (Å²) in [5, 5.41) is 2.16. The molecule has 2 unspecified atom stereocenters. The molecule has 8 nitrogen and oxygen atoms in total. The van der Waals surface area contributed by atoms with Gasteiger partial charge in [-0.05, 0) is 39.3 Å². The van der Waals surface area contributed by atoms with Gasteiger partial charge in [0.1, 0.15) is 22.1 Å². The Kier molecular flexibility index (Phi) is 6.17. The van der Waals surface area contributed by atoms with Gasteiger partial charge in [0.2, 0.25) is 5.95 Å². The highest BCUT2D eigenvalue weighted by atomic mass is 35.5. The van der Waals surface area contributed by atoms with Crippen molar-refractivity contribution >= 4 is 35.0 Å². The molecule has 0 spiro atoms. The van der Waals surface area contributed by atoms with E-state index in [2.05, 4.69) is 20.2 Å². The van der Waals surface area contributed by atoms with Crippen LogP contribution < -0.4 is 15.0 Å². The van der Waals surface area contributed by atoms with E-state index in [0.717, 1.165) is 12.1 Å². The molecule has 0 aliphatic carbocycles. The Morgan fingerprint density at radius 3 is 2.50 bits per heavy atom. The van der Waals surface area contributed by atoms with E-state index in [1.807, 2.05) is 32.9 Å². The summed E-state index contributed by atoms with van der Waals surface area (Å²) < 4.78 is 49.6. The van der Waals surface area contributed by atoms with Gasteiger partial charge in [0.25, 0.3) is 0 Å². The first-order valence-electron chi connectivity index (χ1n) is 10.7. The largest absolute Gasteiger partial charge is 0.494 e. The first-order chi connectivity index (χ1) is 15.9. The van der Waals surface area contributed by atoms with Gasteiger partial charge in [0, 0.05) is 37.1 Å². The maximum absolute atomic E-state index is 12.9. The number of rotatable bonds is 4. The molecule has 0 saturated carbocycles. The summed E-state index contributed by atoms with van der Waals surface area (Å²) in [5.74, 6) is 0.376. The number of hydrogen-bond donors (Lipinski definition) is 1. The van der Waals surface area contributed by atoms with Crippen LogP contribution in [0, 0.1) is 0 Å². The van der Waals surface area contributed by atoms with E-state index in [1.54, 1.807) is 11.0 Å². The lowest BCUT2D eigenvalue weighted by Gasteiger charge is -2.36. The standard InChI is InChI=1S/C22H25ClF3N5O3/c1-21(2,3)34-20(32)31-11-13-7-14(31)10-30(13)12-5-6-16(17(8-12)33-4)28-19-27-9-15(18(23)29-19)22(24,25)26/h5-6,8-9,13-14H,7,10-11H2,1-4H3,(H,27,28,29). The first kappa shape index (κ1) is 24.2. The number of carbonyl (C=O) groups excluding carboxylic acids is 1. The quantitative estimate of drug-likeness (QED) is 0.586. The van der Waals surface area contributed by atoms with Gasteiger partial charge < -0.3 is 24.6 Å². The Labute approximate surface area is 200 Å². The van der Waals surface area contributed by atoms with Crippen LogP contribution in [0.2, 0.25) is 5.15 Å². The molecule has 2 aromatic rings. The molecule has 2 saturated heterocycles. The third kappa shape index (κ3) is 4.94. The van der Waals surface area contributed by atoms with Crippen molar-refractivity contribution in [3.63, 3.8) is 0 Å². The summed E-state index contributed by atoms with van der Waals surface area (Å²) in [6.07, 6.45) is -3.45. The van der Waals surface area contributed by atoms with E-state index in [4.69, 9.17) is 21.1 Å². The maximum atomic E-state index is 12.9. The fraction of sp³-hybridized carbons (Fsp3) is 0.500. The van der Waals surface area contributed by atoms with Crippen LogP contribution in [-0.4, -0.2) is 58.8 Å². The molecule has 3 heterocycles. The highest BCUT2D eigenvalue weighted by Crippen LogP contribution is 2.39. The smallest absolute Gasteiger partial charge is 0.420 e. The average Bonchev–Trinajstić information content (AvgIpc) is 3.33. The predicted molar refractivity (Wildman–Crippen MR) is 121 cm³/mol. The number of halogens is 4. The summed E-state index contributed by atoms with van der Waals surface area (Å²) in [4.78, 5) is 23.9. The van der Waals surface area contributed by atoms with Crippen LogP contribution >= 0.6 is 11.6 Å². The highest BCUT2D eigenvalue weighted by Gasteiger charge is 2.46. The lowest BCUT2D eigenvalue weighted by molar-refractivity contribution is -0.137. The van der Waals surface area contributed by atoms with Crippen molar-refractivity contribution in [3.8, 4) is 5.75 Å². The number of alkyl halides is 3. The highest BCUT2D eigenvalue weighted by molar-refractivity contribution is 6.30. The van der Waals surface area contributed by atoms with E-state index in [1.165, 1.54) is 7.11 Å². The topological polar surface area (TPSA) is 79.8 Å². The summed E-state index contributed by atoms with van der Waals surface area (Å²) >= 11 is 5.68. The minimum atomic E-state index is -4.64. The van der Waals surface area contributed by atoms with E-state index in [0.29, 0.717) is 30.7 Å². The Morgan fingerprint density at radius 1 is 1.21 bits per heavy atom. The van der Waals surface area contributed by atoms with E-state index in [9.17, 15) is 18.0 Å². The SMILES string of the molecule is COc1cc(N2CC3CC2CN3C(=O)OC(C)(C)C)ccc1Nc1ncc(C(F)(F)F)c(Cl)n1. The van der Waals surface area contributed by atoms with Crippen molar-refractivity contribution in [1.82, 2.24) is 14.9 Å². The van der Waals surface area contributed by atoms with Crippen LogP contribution in [0.4, 0.5) is 35.3 Å². The van der Waals surface area contributed by atoms with Crippen LogP contribution in [-0.2, 0) is 10.9 Å². The van der Waals surface area contributed by atoms with Gasteiger partial charge in [-0.25, -0.2) is 14.8 Å². The van der Waals surface area contributed by atoms with Gasteiger partial charge in [-0.2, -0.15) is 13.2 Å². The number of amides is 1. The summed E-state index contributed by atoms with van der Waals surface area (Å²) in [7, 11) is 1.49. The predicted octanol–water partition coefficient (Wildman–Crippen LogP) is 5.10. The first-order valence-corrected chi connectivity index (χ1v) is 11.0. The second-order valence-electron chi connectivity index (χ2n) is 9.23. The number of likely N-dealkylation sites (tertiary alicyclic amines) is 1. The zero-order valence-electron chi connectivity index (χ0n) is 19.1.